The van der Waals surface area contributed by atoms with Crippen LogP contribution in [0, 0.1) is 5.82 Å². The third kappa shape index (κ3) is 2.96. The van der Waals surface area contributed by atoms with Crippen molar-refractivity contribution in [3.05, 3.63) is 53.7 Å². The molecule has 0 saturated carbocycles. The van der Waals surface area contributed by atoms with E-state index in [1.165, 1.54) is 12.3 Å². The monoisotopic (exact) mass is 265 g/mol. The number of aromatic nitrogens is 2. The summed E-state index contributed by atoms with van der Waals surface area (Å²) < 4.78 is 13.1. The topological polar surface area (TPSA) is 29.0 Å². The Bertz CT molecular complexity index is 519. The van der Waals surface area contributed by atoms with Gasteiger partial charge in [-0.2, -0.15) is 0 Å². The quantitative estimate of drug-likeness (QED) is 0.796. The van der Waals surface area contributed by atoms with Crippen LogP contribution >= 0.6 is 11.6 Å². The summed E-state index contributed by atoms with van der Waals surface area (Å²) in [5.41, 5.74) is 1.75. The number of anilines is 1. The highest BCUT2D eigenvalue weighted by atomic mass is 35.5. The first-order chi connectivity index (χ1) is 8.70. The van der Waals surface area contributed by atoms with E-state index in [-0.39, 0.29) is 11.7 Å². The Kier molecular flexibility index (Phi) is 4.10. The summed E-state index contributed by atoms with van der Waals surface area (Å²) >= 11 is 5.81. The number of rotatable bonds is 4. The van der Waals surface area contributed by atoms with Crippen molar-refractivity contribution in [3.8, 4) is 0 Å². The van der Waals surface area contributed by atoms with Crippen LogP contribution in [0.25, 0.3) is 0 Å². The fourth-order valence-electron chi connectivity index (χ4n) is 1.76. The van der Waals surface area contributed by atoms with E-state index in [1.807, 2.05) is 24.1 Å². The van der Waals surface area contributed by atoms with E-state index in [0.717, 1.165) is 5.56 Å². The minimum Gasteiger partial charge on any atom is -0.355 e. The fourth-order valence-corrected chi connectivity index (χ4v) is 1.95. The summed E-state index contributed by atoms with van der Waals surface area (Å²) in [6.07, 6.45) is 4.72. The minimum absolute atomic E-state index is 0.234. The highest BCUT2D eigenvalue weighted by molar-refractivity contribution is 6.17. The zero-order valence-electron chi connectivity index (χ0n) is 9.98. The number of halogens is 2. The molecule has 2 rings (SSSR count). The molecule has 2 aromatic heterocycles. The molecule has 94 valence electrons. The number of hydrogen-bond donors (Lipinski definition) is 0. The SMILES string of the molecule is CN(Cc1cccnc1)c1ncc(F)cc1CCl. The maximum absolute atomic E-state index is 13.1. The molecule has 0 amide bonds. The van der Waals surface area contributed by atoms with Gasteiger partial charge in [-0.05, 0) is 17.7 Å². The lowest BCUT2D eigenvalue weighted by atomic mass is 10.2. The second-order valence-corrected chi connectivity index (χ2v) is 4.25. The molecule has 0 fully saturated rings. The lowest BCUT2D eigenvalue weighted by Crippen LogP contribution is -2.19. The molecule has 0 N–H and O–H groups in total. The van der Waals surface area contributed by atoms with Gasteiger partial charge in [-0.25, -0.2) is 9.37 Å². The van der Waals surface area contributed by atoms with Gasteiger partial charge in [0.1, 0.15) is 11.6 Å². The van der Waals surface area contributed by atoms with Gasteiger partial charge in [-0.15, -0.1) is 11.6 Å². The molecule has 0 bridgehead atoms. The fraction of sp³-hybridized carbons (Fsp3) is 0.231. The molecule has 0 spiro atoms. The van der Waals surface area contributed by atoms with Crippen LogP contribution in [-0.4, -0.2) is 17.0 Å². The number of hydrogen-bond acceptors (Lipinski definition) is 3. The van der Waals surface area contributed by atoms with Crippen LogP contribution in [0.1, 0.15) is 11.1 Å². The molecule has 2 heterocycles. The minimum atomic E-state index is -0.371. The van der Waals surface area contributed by atoms with Gasteiger partial charge in [0.2, 0.25) is 0 Å². The normalized spacial score (nSPS) is 10.4. The van der Waals surface area contributed by atoms with Gasteiger partial charge in [0.05, 0.1) is 12.1 Å². The van der Waals surface area contributed by atoms with Gasteiger partial charge >= 0.3 is 0 Å². The van der Waals surface area contributed by atoms with Gasteiger partial charge in [-0.1, -0.05) is 6.07 Å². The van der Waals surface area contributed by atoms with Crippen LogP contribution in [0.2, 0.25) is 0 Å². The first-order valence-electron chi connectivity index (χ1n) is 5.51. The Balaban J connectivity index is 2.21. The molecule has 0 aromatic carbocycles. The average molecular weight is 266 g/mol. The molecule has 5 heteroatoms. The number of alkyl halides is 1. The first-order valence-corrected chi connectivity index (χ1v) is 6.04. The predicted octanol–water partition coefficient (Wildman–Crippen LogP) is 2.99. The van der Waals surface area contributed by atoms with Gasteiger partial charge in [0.25, 0.3) is 0 Å². The molecule has 0 aliphatic rings. The molecule has 3 nitrogen and oxygen atoms in total. The van der Waals surface area contributed by atoms with E-state index in [0.29, 0.717) is 17.9 Å². The molecule has 2 aromatic rings. The summed E-state index contributed by atoms with van der Waals surface area (Å²) in [4.78, 5) is 10.1. The van der Waals surface area contributed by atoms with Crippen molar-refractivity contribution in [2.45, 2.75) is 12.4 Å². The zero-order valence-corrected chi connectivity index (χ0v) is 10.7. The molecule has 18 heavy (non-hydrogen) atoms. The van der Waals surface area contributed by atoms with Crippen LogP contribution in [-0.2, 0) is 12.4 Å². The average Bonchev–Trinajstić information content (AvgIpc) is 2.39. The van der Waals surface area contributed by atoms with Crippen LogP contribution in [0.15, 0.2) is 36.8 Å². The highest BCUT2D eigenvalue weighted by Gasteiger charge is 2.10. The molecular formula is C13H13ClFN3. The molecule has 0 atom stereocenters. The second kappa shape index (κ2) is 5.78. The molecule has 0 saturated heterocycles. The summed E-state index contributed by atoms with van der Waals surface area (Å²) in [5, 5.41) is 0. The Hall–Kier alpha value is -1.68. The van der Waals surface area contributed by atoms with E-state index in [9.17, 15) is 4.39 Å². The smallest absolute Gasteiger partial charge is 0.141 e. The third-order valence-corrected chi connectivity index (χ3v) is 2.85. The summed E-state index contributed by atoms with van der Waals surface area (Å²) in [6, 6.07) is 5.27. The Morgan fingerprint density at radius 3 is 2.89 bits per heavy atom. The molecule has 0 aliphatic heterocycles. The van der Waals surface area contributed by atoms with Crippen LogP contribution in [0.4, 0.5) is 10.2 Å². The van der Waals surface area contributed by atoms with Crippen molar-refractivity contribution in [2.24, 2.45) is 0 Å². The van der Waals surface area contributed by atoms with E-state index in [1.54, 1.807) is 12.4 Å². The van der Waals surface area contributed by atoms with E-state index >= 15 is 0 Å². The Labute approximate surface area is 110 Å². The van der Waals surface area contributed by atoms with Crippen LogP contribution in [0.5, 0.6) is 0 Å². The lowest BCUT2D eigenvalue weighted by molar-refractivity contribution is 0.619. The maximum atomic E-state index is 13.1. The molecule has 0 radical (unpaired) electrons. The second-order valence-electron chi connectivity index (χ2n) is 3.99. The largest absolute Gasteiger partial charge is 0.355 e. The van der Waals surface area contributed by atoms with Crippen molar-refractivity contribution in [2.75, 3.05) is 11.9 Å². The summed E-state index contributed by atoms with van der Waals surface area (Å²) in [6.45, 7) is 0.649. The highest BCUT2D eigenvalue weighted by Crippen LogP contribution is 2.20. The zero-order chi connectivity index (χ0) is 13.0. The van der Waals surface area contributed by atoms with Crippen molar-refractivity contribution in [1.82, 2.24) is 9.97 Å². The number of nitrogens with zero attached hydrogens (tertiary/aromatic N) is 3. The van der Waals surface area contributed by atoms with Gasteiger partial charge in [-0.3, -0.25) is 4.98 Å². The maximum Gasteiger partial charge on any atom is 0.141 e. The third-order valence-electron chi connectivity index (χ3n) is 2.56. The molecule has 0 unspecified atom stereocenters. The Morgan fingerprint density at radius 1 is 1.39 bits per heavy atom. The summed E-state index contributed by atoms with van der Waals surface area (Å²) in [7, 11) is 1.89. The predicted molar refractivity (Wildman–Crippen MR) is 70.1 cm³/mol. The lowest BCUT2D eigenvalue weighted by Gasteiger charge is -2.20. The summed E-state index contributed by atoms with van der Waals surface area (Å²) in [5.74, 6) is 0.553. The molecular weight excluding hydrogens is 253 g/mol. The van der Waals surface area contributed by atoms with Crippen molar-refractivity contribution < 1.29 is 4.39 Å². The Morgan fingerprint density at radius 2 is 2.22 bits per heavy atom. The van der Waals surface area contributed by atoms with E-state index in [4.69, 9.17) is 11.6 Å². The molecule has 0 aliphatic carbocycles. The number of pyridine rings is 2. The van der Waals surface area contributed by atoms with Gasteiger partial charge in [0, 0.05) is 31.5 Å². The van der Waals surface area contributed by atoms with Crippen molar-refractivity contribution in [1.29, 1.82) is 0 Å². The van der Waals surface area contributed by atoms with E-state index < -0.39 is 0 Å². The van der Waals surface area contributed by atoms with Crippen LogP contribution in [0.3, 0.4) is 0 Å². The van der Waals surface area contributed by atoms with E-state index in [2.05, 4.69) is 9.97 Å². The first kappa shape index (κ1) is 12.8. The van der Waals surface area contributed by atoms with Crippen molar-refractivity contribution >= 4 is 17.4 Å². The standard InChI is InChI=1S/C13H13ClFN3/c1-18(9-10-3-2-4-16-7-10)13-11(6-14)5-12(15)8-17-13/h2-5,7-8H,6,9H2,1H3. The van der Waals surface area contributed by atoms with Gasteiger partial charge < -0.3 is 4.90 Å². The van der Waals surface area contributed by atoms with Gasteiger partial charge in [0.15, 0.2) is 0 Å². The van der Waals surface area contributed by atoms with Crippen molar-refractivity contribution in [3.63, 3.8) is 0 Å². The van der Waals surface area contributed by atoms with Crippen LogP contribution < -0.4 is 4.90 Å².